The smallest absolute Gasteiger partial charge is 0.352 e. The van der Waals surface area contributed by atoms with E-state index in [1.807, 2.05) is 5.38 Å². The average molecular weight is 369 g/mol. The molecule has 1 aliphatic heterocycles. The molecule has 4 rings (SSSR count). The third kappa shape index (κ3) is 3.63. The first kappa shape index (κ1) is 16.8. The van der Waals surface area contributed by atoms with Crippen LogP contribution in [0.4, 0.5) is 5.69 Å². The quantitative estimate of drug-likeness (QED) is 0.722. The molecule has 2 aromatic heterocycles. The molecular formula is C19H19N3O3S. The Morgan fingerprint density at radius 2 is 2.04 bits per heavy atom. The minimum atomic E-state index is -0.966. The predicted octanol–water partition coefficient (Wildman–Crippen LogP) is 3.26. The summed E-state index contributed by atoms with van der Waals surface area (Å²) in [6.07, 6.45) is 2.45. The standard InChI is InChI=1S/C19H19N3O3S/c23-19(24)16-10-14(11-20-16)17-12-26-18(21-17)9-13-1-3-15(4-2-13)22-5-7-25-8-6-22/h1-4,10-12,20H,5-9H2,(H,23,24). The maximum atomic E-state index is 11.0. The van der Waals surface area contributed by atoms with Crippen LogP contribution in [0, 0.1) is 0 Å². The van der Waals surface area contributed by atoms with Gasteiger partial charge in [0.25, 0.3) is 0 Å². The lowest BCUT2D eigenvalue weighted by Gasteiger charge is -2.28. The highest BCUT2D eigenvalue weighted by Gasteiger charge is 2.12. The molecule has 1 aliphatic rings. The third-order valence-corrected chi connectivity index (χ3v) is 5.28. The molecule has 3 heterocycles. The van der Waals surface area contributed by atoms with Gasteiger partial charge in [-0.3, -0.25) is 0 Å². The Labute approximate surface area is 155 Å². The Balaban J connectivity index is 1.44. The summed E-state index contributed by atoms with van der Waals surface area (Å²) in [5.74, 6) is -0.966. The van der Waals surface area contributed by atoms with E-state index in [0.717, 1.165) is 49.0 Å². The number of nitrogens with zero attached hydrogens (tertiary/aromatic N) is 2. The highest BCUT2D eigenvalue weighted by atomic mass is 32.1. The van der Waals surface area contributed by atoms with Crippen molar-refractivity contribution >= 4 is 23.0 Å². The first-order valence-corrected chi connectivity index (χ1v) is 9.35. The summed E-state index contributed by atoms with van der Waals surface area (Å²) in [5, 5.41) is 12.0. The number of hydrogen-bond acceptors (Lipinski definition) is 5. The fraction of sp³-hybridized carbons (Fsp3) is 0.263. The summed E-state index contributed by atoms with van der Waals surface area (Å²) in [6, 6.07) is 10.2. The average Bonchev–Trinajstić information content (AvgIpc) is 3.32. The number of H-pyrrole nitrogens is 1. The van der Waals surface area contributed by atoms with Crippen LogP contribution in [-0.2, 0) is 11.2 Å². The summed E-state index contributed by atoms with van der Waals surface area (Å²) < 4.78 is 5.39. The van der Waals surface area contributed by atoms with Crippen LogP contribution in [0.25, 0.3) is 11.3 Å². The first-order chi connectivity index (χ1) is 12.7. The third-order valence-electron chi connectivity index (χ3n) is 4.43. The van der Waals surface area contributed by atoms with E-state index in [9.17, 15) is 4.79 Å². The molecule has 6 nitrogen and oxygen atoms in total. The molecule has 26 heavy (non-hydrogen) atoms. The van der Waals surface area contributed by atoms with Gasteiger partial charge in [0, 0.05) is 42.3 Å². The Morgan fingerprint density at radius 3 is 2.73 bits per heavy atom. The normalized spacial score (nSPS) is 14.5. The fourth-order valence-corrected chi connectivity index (χ4v) is 3.85. The maximum absolute atomic E-state index is 11.0. The van der Waals surface area contributed by atoms with E-state index in [4.69, 9.17) is 9.84 Å². The molecule has 0 saturated carbocycles. The van der Waals surface area contributed by atoms with Crippen LogP contribution in [0.1, 0.15) is 21.1 Å². The van der Waals surface area contributed by atoms with Crippen molar-refractivity contribution < 1.29 is 14.6 Å². The van der Waals surface area contributed by atoms with E-state index < -0.39 is 5.97 Å². The zero-order valence-electron chi connectivity index (χ0n) is 14.1. The zero-order chi connectivity index (χ0) is 17.9. The van der Waals surface area contributed by atoms with Gasteiger partial charge in [-0.05, 0) is 23.8 Å². The molecule has 1 fully saturated rings. The van der Waals surface area contributed by atoms with Crippen LogP contribution >= 0.6 is 11.3 Å². The number of ether oxygens (including phenoxy) is 1. The molecule has 0 aliphatic carbocycles. The van der Waals surface area contributed by atoms with Crippen molar-refractivity contribution in [2.75, 3.05) is 31.2 Å². The molecule has 0 radical (unpaired) electrons. The number of nitrogens with one attached hydrogen (secondary N) is 1. The summed E-state index contributed by atoms with van der Waals surface area (Å²) in [7, 11) is 0. The van der Waals surface area contributed by atoms with Gasteiger partial charge in [0.2, 0.25) is 0 Å². The number of hydrogen-bond donors (Lipinski definition) is 2. The minimum absolute atomic E-state index is 0.174. The van der Waals surface area contributed by atoms with Crippen LogP contribution < -0.4 is 4.90 Å². The molecule has 0 bridgehead atoms. The Bertz CT molecular complexity index is 895. The van der Waals surface area contributed by atoms with Crippen molar-refractivity contribution in [1.82, 2.24) is 9.97 Å². The van der Waals surface area contributed by atoms with Crippen LogP contribution in [-0.4, -0.2) is 47.3 Å². The largest absolute Gasteiger partial charge is 0.477 e. The Morgan fingerprint density at radius 1 is 1.27 bits per heavy atom. The summed E-state index contributed by atoms with van der Waals surface area (Å²) in [5.41, 5.74) is 4.22. The molecular weight excluding hydrogens is 350 g/mol. The number of thiazole rings is 1. The summed E-state index contributed by atoms with van der Waals surface area (Å²) in [4.78, 5) is 20.7. The second-order valence-corrected chi connectivity index (χ2v) is 7.12. The lowest BCUT2D eigenvalue weighted by atomic mass is 10.1. The molecule has 1 saturated heterocycles. The molecule has 0 amide bonds. The number of rotatable bonds is 5. The molecule has 0 unspecified atom stereocenters. The van der Waals surface area contributed by atoms with Gasteiger partial charge in [0.1, 0.15) is 5.69 Å². The molecule has 0 spiro atoms. The van der Waals surface area contributed by atoms with E-state index in [-0.39, 0.29) is 5.69 Å². The van der Waals surface area contributed by atoms with Crippen molar-refractivity contribution in [3.63, 3.8) is 0 Å². The van der Waals surface area contributed by atoms with Crippen LogP contribution in [0.15, 0.2) is 41.9 Å². The number of carboxylic acids is 1. The molecule has 1 aromatic carbocycles. The fourth-order valence-electron chi connectivity index (χ4n) is 3.01. The number of morpholine rings is 1. The summed E-state index contributed by atoms with van der Waals surface area (Å²) in [6.45, 7) is 3.44. The number of aromatic amines is 1. The molecule has 7 heteroatoms. The van der Waals surface area contributed by atoms with Gasteiger partial charge in [0.15, 0.2) is 0 Å². The van der Waals surface area contributed by atoms with Gasteiger partial charge in [-0.1, -0.05) is 12.1 Å². The maximum Gasteiger partial charge on any atom is 0.352 e. The number of anilines is 1. The Hall–Kier alpha value is -2.64. The van der Waals surface area contributed by atoms with Gasteiger partial charge < -0.3 is 19.7 Å². The highest BCUT2D eigenvalue weighted by Crippen LogP contribution is 2.25. The zero-order valence-corrected chi connectivity index (χ0v) is 15.0. The van der Waals surface area contributed by atoms with Gasteiger partial charge >= 0.3 is 5.97 Å². The van der Waals surface area contributed by atoms with Crippen LogP contribution in [0.3, 0.4) is 0 Å². The monoisotopic (exact) mass is 369 g/mol. The van der Waals surface area contributed by atoms with Crippen molar-refractivity contribution in [2.45, 2.75) is 6.42 Å². The van der Waals surface area contributed by atoms with Crippen molar-refractivity contribution in [3.8, 4) is 11.3 Å². The SMILES string of the molecule is O=C(O)c1cc(-c2csc(Cc3ccc(N4CCOCC4)cc3)n2)c[nH]1. The minimum Gasteiger partial charge on any atom is -0.477 e. The summed E-state index contributed by atoms with van der Waals surface area (Å²) >= 11 is 1.59. The topological polar surface area (TPSA) is 78.4 Å². The predicted molar refractivity (Wildman–Crippen MR) is 101 cm³/mol. The highest BCUT2D eigenvalue weighted by molar-refractivity contribution is 7.10. The van der Waals surface area contributed by atoms with E-state index >= 15 is 0 Å². The van der Waals surface area contributed by atoms with Crippen LogP contribution in [0.2, 0.25) is 0 Å². The van der Waals surface area contributed by atoms with E-state index in [1.54, 1.807) is 23.6 Å². The molecule has 134 valence electrons. The number of aromatic nitrogens is 2. The van der Waals surface area contributed by atoms with Gasteiger partial charge in [-0.25, -0.2) is 9.78 Å². The molecule has 3 aromatic rings. The van der Waals surface area contributed by atoms with Crippen molar-refractivity contribution in [3.05, 3.63) is 58.2 Å². The molecule has 2 N–H and O–H groups in total. The number of aromatic carboxylic acids is 1. The second kappa shape index (κ2) is 7.31. The van der Waals surface area contributed by atoms with E-state index in [1.165, 1.54) is 11.3 Å². The van der Waals surface area contributed by atoms with Gasteiger partial charge in [-0.15, -0.1) is 11.3 Å². The number of carbonyl (C=O) groups is 1. The van der Waals surface area contributed by atoms with E-state index in [2.05, 4.69) is 39.1 Å². The van der Waals surface area contributed by atoms with Crippen LogP contribution in [0.5, 0.6) is 0 Å². The lowest BCUT2D eigenvalue weighted by molar-refractivity contribution is 0.0691. The van der Waals surface area contributed by atoms with Crippen molar-refractivity contribution in [2.24, 2.45) is 0 Å². The van der Waals surface area contributed by atoms with Gasteiger partial charge in [0.05, 0.1) is 23.9 Å². The second-order valence-electron chi connectivity index (χ2n) is 6.18. The first-order valence-electron chi connectivity index (χ1n) is 8.47. The number of benzene rings is 1. The lowest BCUT2D eigenvalue weighted by Crippen LogP contribution is -2.36. The van der Waals surface area contributed by atoms with Crippen molar-refractivity contribution in [1.29, 1.82) is 0 Å². The van der Waals surface area contributed by atoms with Gasteiger partial charge in [-0.2, -0.15) is 0 Å². The van der Waals surface area contributed by atoms with E-state index in [0.29, 0.717) is 0 Å². The molecule has 0 atom stereocenters. The number of carboxylic acid groups (broad SMARTS) is 1. The Kier molecular flexibility index (Phi) is 4.73.